The van der Waals surface area contributed by atoms with E-state index in [0.29, 0.717) is 9.86 Å². The van der Waals surface area contributed by atoms with E-state index in [9.17, 15) is 9.18 Å². The summed E-state index contributed by atoms with van der Waals surface area (Å²) in [5.41, 5.74) is -0.319. The van der Waals surface area contributed by atoms with Crippen molar-refractivity contribution in [2.75, 3.05) is 0 Å². The standard InChI is InChI=1S/C9H3BrFNO/c10-6-3-5-1-2-8(13)12-9(5)7(11)4-6/h3-4H,(H,12,13). The van der Waals surface area contributed by atoms with Gasteiger partial charge in [0.1, 0.15) is 5.82 Å². The predicted octanol–water partition coefficient (Wildman–Crippen LogP) is 2.03. The van der Waals surface area contributed by atoms with Gasteiger partial charge in [-0.05, 0) is 12.1 Å². The van der Waals surface area contributed by atoms with Crippen molar-refractivity contribution in [1.82, 2.24) is 4.98 Å². The fraction of sp³-hybridized carbons (Fsp3) is 0. The van der Waals surface area contributed by atoms with Crippen LogP contribution in [0.5, 0.6) is 0 Å². The van der Waals surface area contributed by atoms with E-state index in [-0.39, 0.29) is 5.52 Å². The van der Waals surface area contributed by atoms with Crippen molar-refractivity contribution in [1.29, 1.82) is 0 Å². The van der Waals surface area contributed by atoms with E-state index in [1.54, 1.807) is 6.07 Å². The second-order valence-electron chi connectivity index (χ2n) is 2.51. The third-order valence-corrected chi connectivity index (χ3v) is 2.06. The summed E-state index contributed by atoms with van der Waals surface area (Å²) in [6, 6.07) is 7.81. The van der Waals surface area contributed by atoms with Crippen molar-refractivity contribution < 1.29 is 4.39 Å². The molecule has 0 aliphatic carbocycles. The molecule has 0 spiro atoms. The Balaban J connectivity index is 2.95. The Morgan fingerprint density at radius 3 is 2.92 bits per heavy atom. The van der Waals surface area contributed by atoms with Crippen molar-refractivity contribution in [3.05, 3.63) is 44.9 Å². The highest BCUT2D eigenvalue weighted by Gasteiger charge is 2.02. The summed E-state index contributed by atoms with van der Waals surface area (Å²) in [5.74, 6) is -0.480. The van der Waals surface area contributed by atoms with Crippen LogP contribution in [-0.2, 0) is 0 Å². The smallest absolute Gasteiger partial charge is 0.300 e. The molecule has 2 nitrogen and oxygen atoms in total. The molecule has 0 aliphatic heterocycles. The molecule has 1 aromatic carbocycles. The van der Waals surface area contributed by atoms with E-state index in [4.69, 9.17) is 0 Å². The lowest BCUT2D eigenvalue weighted by Gasteiger charge is -1.96. The van der Waals surface area contributed by atoms with Gasteiger partial charge in [0.25, 0.3) is 0 Å². The Labute approximate surface area is 81.5 Å². The highest BCUT2D eigenvalue weighted by Crippen LogP contribution is 2.18. The van der Waals surface area contributed by atoms with Crippen LogP contribution in [0.2, 0.25) is 0 Å². The van der Waals surface area contributed by atoms with Gasteiger partial charge in [-0.15, -0.1) is 0 Å². The molecule has 2 rings (SSSR count). The molecular formula is C9H3BrFNO. The summed E-state index contributed by atoms with van der Waals surface area (Å²) < 4.78 is 13.8. The van der Waals surface area contributed by atoms with Gasteiger partial charge in [0.05, 0.1) is 10.9 Å². The highest BCUT2D eigenvalue weighted by atomic mass is 79.9. The zero-order valence-corrected chi connectivity index (χ0v) is 7.90. The number of H-pyrrole nitrogens is 1. The summed E-state index contributed by atoms with van der Waals surface area (Å²) in [6.07, 6.45) is 0. The number of halogens is 2. The zero-order valence-electron chi connectivity index (χ0n) is 6.32. The second-order valence-corrected chi connectivity index (χ2v) is 3.43. The largest absolute Gasteiger partial charge is 0.312 e. The van der Waals surface area contributed by atoms with Crippen molar-refractivity contribution >= 4 is 26.8 Å². The first kappa shape index (κ1) is 8.27. The van der Waals surface area contributed by atoms with Crippen LogP contribution in [-0.4, -0.2) is 4.98 Å². The van der Waals surface area contributed by atoms with Gasteiger partial charge < -0.3 is 4.98 Å². The Morgan fingerprint density at radius 1 is 1.38 bits per heavy atom. The van der Waals surface area contributed by atoms with Gasteiger partial charge in [-0.2, -0.15) is 0 Å². The van der Waals surface area contributed by atoms with Crippen LogP contribution < -0.4 is 5.56 Å². The number of rotatable bonds is 0. The first-order valence-corrected chi connectivity index (χ1v) is 4.28. The van der Waals surface area contributed by atoms with Crippen molar-refractivity contribution in [3.63, 3.8) is 0 Å². The Kier molecular flexibility index (Phi) is 1.82. The number of aromatic nitrogens is 1. The molecule has 64 valence electrons. The molecular weight excluding hydrogens is 237 g/mol. The minimum absolute atomic E-state index is 0.159. The normalized spacial score (nSPS) is 10.0. The van der Waals surface area contributed by atoms with Gasteiger partial charge >= 0.3 is 5.56 Å². The minimum Gasteiger partial charge on any atom is -0.312 e. The molecule has 1 N–H and O–H groups in total. The Morgan fingerprint density at radius 2 is 2.15 bits per heavy atom. The molecule has 0 fully saturated rings. The third-order valence-electron chi connectivity index (χ3n) is 1.60. The van der Waals surface area contributed by atoms with Crippen LogP contribution in [0.3, 0.4) is 0 Å². The lowest BCUT2D eigenvalue weighted by molar-refractivity contribution is 0.635. The fourth-order valence-corrected chi connectivity index (χ4v) is 1.50. The van der Waals surface area contributed by atoms with Gasteiger partial charge in [0, 0.05) is 10.5 Å². The molecule has 0 bridgehead atoms. The Hall–Kier alpha value is -1.34. The maximum absolute atomic E-state index is 13.2. The number of aromatic amines is 1. The minimum atomic E-state index is -0.480. The third kappa shape index (κ3) is 1.43. The molecule has 0 saturated heterocycles. The van der Waals surface area contributed by atoms with Crippen molar-refractivity contribution in [2.24, 2.45) is 0 Å². The SMILES string of the molecule is O=c1c#cc2cc(Br)cc(F)c2[nH]1. The quantitative estimate of drug-likeness (QED) is 0.750. The van der Waals surface area contributed by atoms with Gasteiger partial charge in [0.2, 0.25) is 0 Å². The summed E-state index contributed by atoms with van der Waals surface area (Å²) >= 11 is 3.14. The maximum Gasteiger partial charge on any atom is 0.300 e. The van der Waals surface area contributed by atoms with Crippen LogP contribution in [0, 0.1) is 17.9 Å². The van der Waals surface area contributed by atoms with E-state index in [1.165, 1.54) is 6.07 Å². The first-order valence-electron chi connectivity index (χ1n) is 3.49. The van der Waals surface area contributed by atoms with Crippen LogP contribution in [0.1, 0.15) is 0 Å². The molecule has 13 heavy (non-hydrogen) atoms. The van der Waals surface area contributed by atoms with Gasteiger partial charge in [-0.1, -0.05) is 22.0 Å². The number of fused-ring (bicyclic) bond motifs is 1. The summed E-state index contributed by atoms with van der Waals surface area (Å²) in [4.78, 5) is 13.1. The van der Waals surface area contributed by atoms with E-state index in [0.717, 1.165) is 0 Å². The second kappa shape index (κ2) is 2.86. The monoisotopic (exact) mass is 239 g/mol. The van der Waals surface area contributed by atoms with E-state index < -0.39 is 11.4 Å². The average molecular weight is 240 g/mol. The van der Waals surface area contributed by atoms with E-state index in [2.05, 4.69) is 33.0 Å². The predicted molar refractivity (Wildman–Crippen MR) is 49.9 cm³/mol. The topological polar surface area (TPSA) is 32.9 Å². The average Bonchev–Trinajstić information content (AvgIpc) is 2.06. The number of hydrogen-bond donors (Lipinski definition) is 1. The van der Waals surface area contributed by atoms with Gasteiger partial charge in [0.15, 0.2) is 0 Å². The van der Waals surface area contributed by atoms with Gasteiger partial charge in [-0.3, -0.25) is 4.79 Å². The summed E-state index contributed by atoms with van der Waals surface area (Å²) in [5, 5.41) is 0.492. The molecule has 0 atom stereocenters. The van der Waals surface area contributed by atoms with E-state index >= 15 is 0 Å². The van der Waals surface area contributed by atoms with E-state index in [1.807, 2.05) is 0 Å². The zero-order chi connectivity index (χ0) is 9.42. The van der Waals surface area contributed by atoms with Crippen LogP contribution >= 0.6 is 15.9 Å². The molecule has 1 aromatic heterocycles. The molecule has 0 amide bonds. The van der Waals surface area contributed by atoms with Crippen LogP contribution in [0.4, 0.5) is 4.39 Å². The maximum atomic E-state index is 13.2. The molecule has 2 aromatic rings. The molecule has 0 aliphatic rings. The molecule has 0 saturated carbocycles. The fourth-order valence-electron chi connectivity index (χ4n) is 1.07. The number of hydrogen-bond acceptors (Lipinski definition) is 1. The van der Waals surface area contributed by atoms with Crippen molar-refractivity contribution in [2.45, 2.75) is 0 Å². The van der Waals surface area contributed by atoms with Crippen LogP contribution in [0.15, 0.2) is 21.4 Å². The molecule has 1 heterocycles. The van der Waals surface area contributed by atoms with Crippen LogP contribution in [0.25, 0.3) is 10.9 Å². The lowest BCUT2D eigenvalue weighted by atomic mass is 10.2. The summed E-state index contributed by atoms with van der Waals surface area (Å²) in [7, 11) is 0. The summed E-state index contributed by atoms with van der Waals surface area (Å²) in [6.45, 7) is 0. The Bertz CT molecular complexity index is 520. The highest BCUT2D eigenvalue weighted by molar-refractivity contribution is 9.10. The first-order chi connectivity index (χ1) is 6.16. The molecule has 4 heteroatoms. The number of benzene rings is 1. The van der Waals surface area contributed by atoms with Gasteiger partial charge in [-0.25, -0.2) is 4.39 Å². The lowest BCUT2D eigenvalue weighted by Crippen LogP contribution is -2.01. The van der Waals surface area contributed by atoms with Crippen molar-refractivity contribution in [3.8, 4) is 0 Å². The number of nitrogens with one attached hydrogen (secondary N) is 1. The molecule has 0 radical (unpaired) electrons. The molecule has 0 unspecified atom stereocenters.